The average molecular weight is 109 g/mol. The monoisotopic (exact) mass is 109 g/mol. The van der Waals surface area contributed by atoms with Crippen LogP contribution < -0.4 is 5.73 Å². The molecule has 0 heterocycles. The van der Waals surface area contributed by atoms with Gasteiger partial charge in [0.2, 0.25) is 0 Å². The summed E-state index contributed by atoms with van der Waals surface area (Å²) in [4.78, 5) is 0. The van der Waals surface area contributed by atoms with Crippen LogP contribution in [0.3, 0.4) is 0 Å². The van der Waals surface area contributed by atoms with Gasteiger partial charge in [0.1, 0.15) is 0 Å². The first kappa shape index (κ1) is 0.925. The number of nitrogens with two attached hydrogens (primary N) is 1. The topological polar surface area (TPSA) is 49.9 Å². The molecule has 0 unspecified atom stereocenters. The maximum Gasteiger partial charge on any atom is 0.0960 e. The Morgan fingerprint density at radius 3 is 2.14 bits per heavy atom. The fourth-order valence-corrected chi connectivity index (χ4v) is 0. The van der Waals surface area contributed by atoms with Crippen molar-refractivity contribution >= 4 is 5.84 Å². The highest BCUT2D eigenvalue weighted by Gasteiger charge is 2.12. The summed E-state index contributed by atoms with van der Waals surface area (Å²) >= 11 is 0. The SMILES string of the molecule is [2H]C([2H])([2H])C(C(=N)N)(C([2H])([2H])[2H])C([2H])([2H])[2H]. The van der Waals surface area contributed by atoms with Gasteiger partial charge in [-0.05, 0) is 0 Å². The smallest absolute Gasteiger partial charge is 0.0960 e. The van der Waals surface area contributed by atoms with Crippen molar-refractivity contribution in [1.82, 2.24) is 0 Å². The largest absolute Gasteiger partial charge is 0.387 e. The van der Waals surface area contributed by atoms with Crippen LogP contribution in [-0.4, -0.2) is 5.84 Å². The fraction of sp³-hybridized carbons (Fsp3) is 0.800. The van der Waals surface area contributed by atoms with Crippen molar-refractivity contribution in [3.63, 3.8) is 0 Å². The Hall–Kier alpha value is -0.530. The summed E-state index contributed by atoms with van der Waals surface area (Å²) in [6, 6.07) is 0. The maximum atomic E-state index is 7.07. The molecule has 0 aliphatic rings. The Balaban J connectivity index is 6.17. The Kier molecular flexibility index (Phi) is 0.201. The van der Waals surface area contributed by atoms with Gasteiger partial charge in [0.15, 0.2) is 0 Å². The first-order chi connectivity index (χ1) is 6.69. The number of nitrogens with one attached hydrogen (secondary N) is 1. The molecule has 0 spiro atoms. The second-order valence-electron chi connectivity index (χ2n) is 1.16. The van der Waals surface area contributed by atoms with Crippen LogP contribution in [0.1, 0.15) is 32.9 Å². The molecule has 0 aromatic carbocycles. The fourth-order valence-electron chi connectivity index (χ4n) is 0. The minimum Gasteiger partial charge on any atom is -0.387 e. The number of amidine groups is 1. The first-order valence-corrected chi connectivity index (χ1v) is 1.54. The molecule has 0 rings (SSSR count). The minimum atomic E-state index is -3.42. The van der Waals surface area contributed by atoms with E-state index in [1.807, 2.05) is 0 Å². The van der Waals surface area contributed by atoms with E-state index in [0.717, 1.165) is 0 Å². The molecule has 0 aliphatic carbocycles. The number of hydrogen-bond acceptors (Lipinski definition) is 1. The molecule has 7 heavy (non-hydrogen) atoms. The lowest BCUT2D eigenvalue weighted by molar-refractivity contribution is 0.581. The molecule has 0 saturated heterocycles. The van der Waals surface area contributed by atoms with Gasteiger partial charge < -0.3 is 5.73 Å². The third-order valence-electron chi connectivity index (χ3n) is 0.404. The summed E-state index contributed by atoms with van der Waals surface area (Å²) in [5, 5.41) is 7.06. The van der Waals surface area contributed by atoms with Crippen LogP contribution in [0.15, 0.2) is 0 Å². The van der Waals surface area contributed by atoms with Crippen molar-refractivity contribution in [3.8, 4) is 0 Å². The second kappa shape index (κ2) is 1.52. The van der Waals surface area contributed by atoms with Crippen molar-refractivity contribution in [1.29, 1.82) is 5.41 Å². The molecule has 2 nitrogen and oxygen atoms in total. The molecule has 0 aromatic heterocycles. The van der Waals surface area contributed by atoms with E-state index >= 15 is 0 Å². The van der Waals surface area contributed by atoms with Crippen LogP contribution in [0.5, 0.6) is 0 Å². The van der Waals surface area contributed by atoms with Crippen molar-refractivity contribution in [2.75, 3.05) is 0 Å². The summed E-state index contributed by atoms with van der Waals surface area (Å²) in [6.45, 7) is -10.3. The Morgan fingerprint density at radius 1 is 1.71 bits per heavy atom. The van der Waals surface area contributed by atoms with E-state index in [9.17, 15) is 0 Å². The average Bonchev–Trinajstić information content (AvgIpc) is 1.71. The van der Waals surface area contributed by atoms with Crippen LogP contribution in [0.4, 0.5) is 0 Å². The van der Waals surface area contributed by atoms with Gasteiger partial charge in [-0.1, -0.05) is 20.6 Å². The Labute approximate surface area is 56.9 Å². The van der Waals surface area contributed by atoms with Crippen LogP contribution in [0, 0.1) is 10.8 Å². The lowest BCUT2D eigenvalue weighted by Crippen LogP contribution is -2.27. The summed E-state index contributed by atoms with van der Waals surface area (Å²) in [6.07, 6.45) is 0. The van der Waals surface area contributed by atoms with Crippen molar-refractivity contribution < 1.29 is 12.3 Å². The van der Waals surface area contributed by atoms with E-state index in [1.165, 1.54) is 0 Å². The molecule has 0 amide bonds. The summed E-state index contributed by atoms with van der Waals surface area (Å²) in [5.74, 6) is -1.38. The molecule has 3 N–H and O–H groups in total. The van der Waals surface area contributed by atoms with Gasteiger partial charge in [-0.25, -0.2) is 0 Å². The predicted molar refractivity (Wildman–Crippen MR) is 31.4 cm³/mol. The Bertz CT molecular complexity index is 246. The highest BCUT2D eigenvalue weighted by molar-refractivity contribution is 5.82. The van der Waals surface area contributed by atoms with Gasteiger partial charge in [-0.3, -0.25) is 5.41 Å². The first-order valence-electron chi connectivity index (χ1n) is 6.04. The lowest BCUT2D eigenvalue weighted by Gasteiger charge is -2.14. The molecule has 0 aliphatic heterocycles. The van der Waals surface area contributed by atoms with Gasteiger partial charge in [-0.2, -0.15) is 0 Å². The molecule has 2 heteroatoms. The van der Waals surface area contributed by atoms with Gasteiger partial charge in [0, 0.05) is 17.8 Å². The highest BCUT2D eigenvalue weighted by Crippen LogP contribution is 2.10. The second-order valence-corrected chi connectivity index (χ2v) is 1.16. The van der Waals surface area contributed by atoms with Crippen molar-refractivity contribution in [2.24, 2.45) is 11.1 Å². The van der Waals surface area contributed by atoms with Crippen LogP contribution >= 0.6 is 0 Å². The molecule has 42 valence electrons. The van der Waals surface area contributed by atoms with Gasteiger partial charge in [-0.15, -0.1) is 0 Å². The standard InChI is InChI=1S/C5H12N2/c1-5(2,3)4(6)7/h1-3H3,(H3,6,7)/i1D3,2D3,3D3. The normalized spacial score (nSPS) is 35.7. The third-order valence-corrected chi connectivity index (χ3v) is 0.404. The van der Waals surface area contributed by atoms with E-state index < -0.39 is 31.8 Å². The van der Waals surface area contributed by atoms with E-state index in [-0.39, 0.29) is 0 Å². The summed E-state index contributed by atoms with van der Waals surface area (Å²) in [7, 11) is 0. The molecular formula is C5H12N2. The third kappa shape index (κ3) is 2.20. The van der Waals surface area contributed by atoms with E-state index in [0.29, 0.717) is 0 Å². The zero-order chi connectivity index (χ0) is 13.6. The molecular weight excluding hydrogens is 88.1 g/mol. The Morgan fingerprint density at radius 2 is 2.14 bits per heavy atom. The summed E-state index contributed by atoms with van der Waals surface area (Å²) < 4.78 is 63.6. The van der Waals surface area contributed by atoms with Crippen molar-refractivity contribution in [3.05, 3.63) is 0 Å². The molecule has 0 aromatic rings. The molecule has 0 atom stereocenters. The zero-order valence-corrected chi connectivity index (χ0v) is 3.58. The molecule has 0 saturated carbocycles. The highest BCUT2D eigenvalue weighted by atomic mass is 14.7. The lowest BCUT2D eigenvalue weighted by atomic mass is 9.96. The van der Waals surface area contributed by atoms with Crippen LogP contribution in [0.2, 0.25) is 0 Å². The van der Waals surface area contributed by atoms with E-state index in [4.69, 9.17) is 23.5 Å². The molecule has 0 radical (unpaired) electrons. The van der Waals surface area contributed by atoms with Crippen LogP contribution in [0.25, 0.3) is 0 Å². The zero-order valence-electron chi connectivity index (χ0n) is 12.6. The van der Waals surface area contributed by atoms with Crippen LogP contribution in [-0.2, 0) is 0 Å². The quantitative estimate of drug-likeness (QED) is 0.353. The van der Waals surface area contributed by atoms with E-state index in [1.54, 1.807) is 0 Å². The molecule has 0 fully saturated rings. The molecule has 0 bridgehead atoms. The van der Waals surface area contributed by atoms with Gasteiger partial charge in [0.05, 0.1) is 5.84 Å². The summed E-state index contributed by atoms with van der Waals surface area (Å²) in [5.41, 5.74) is 1.61. The minimum absolute atomic E-state index is 1.38. The van der Waals surface area contributed by atoms with Gasteiger partial charge >= 0.3 is 0 Å². The van der Waals surface area contributed by atoms with Gasteiger partial charge in [0.25, 0.3) is 0 Å². The maximum absolute atomic E-state index is 7.07. The van der Waals surface area contributed by atoms with E-state index in [2.05, 4.69) is 0 Å². The van der Waals surface area contributed by atoms with Crippen molar-refractivity contribution in [2.45, 2.75) is 20.6 Å². The number of rotatable bonds is 0. The number of hydrogen-bond donors (Lipinski definition) is 2. The predicted octanol–water partition coefficient (Wildman–Crippen LogP) is 0.968.